The number of ether oxygens (including phenoxy) is 1. The molecule has 26 heavy (non-hydrogen) atoms. The Bertz CT molecular complexity index is 879. The first-order chi connectivity index (χ1) is 12.4. The summed E-state index contributed by atoms with van der Waals surface area (Å²) in [4.78, 5) is 4.65. The van der Waals surface area contributed by atoms with Crippen LogP contribution in [0, 0.1) is 13.8 Å². The van der Waals surface area contributed by atoms with E-state index in [0.717, 1.165) is 29.3 Å². The first-order valence-electron chi connectivity index (χ1n) is 8.92. The molecule has 0 saturated carbocycles. The highest BCUT2D eigenvalue weighted by Gasteiger charge is 2.39. The Morgan fingerprint density at radius 3 is 2.65 bits per heavy atom. The van der Waals surface area contributed by atoms with Crippen molar-refractivity contribution in [3.05, 3.63) is 51.7 Å². The Hall–Kier alpha value is -1.25. The number of benzene rings is 1. The minimum absolute atomic E-state index is 0.0598. The molecule has 1 aromatic heterocycles. The number of aryl methyl sites for hydroxylation is 2. The Balaban J connectivity index is 1.43. The number of nitrogens with zero attached hydrogens (tertiary/aromatic N) is 1. The summed E-state index contributed by atoms with van der Waals surface area (Å²) in [5, 5.41) is 0. The number of hydrogen-bond donors (Lipinski definition) is 1. The smallest absolute Gasteiger partial charge is 0.241 e. The zero-order valence-electron chi connectivity index (χ0n) is 15.0. The van der Waals surface area contributed by atoms with Gasteiger partial charge in [-0.3, -0.25) is 4.90 Å². The van der Waals surface area contributed by atoms with Gasteiger partial charge in [0, 0.05) is 34.9 Å². The number of fused-ring (bicyclic) bond motifs is 1. The molecule has 1 aromatic carbocycles. The van der Waals surface area contributed by atoms with E-state index >= 15 is 0 Å². The van der Waals surface area contributed by atoms with Crippen molar-refractivity contribution >= 4 is 21.4 Å². The standard InChI is InChI=1S/C19H24N2O3S2/c1-13-8-19(14(2)25-13)26(22,23)20-16-9-17-12-24-18(11-21(17)10-16)15-6-4-3-5-7-15/h3-8,16-18,20H,9-12H2,1-2H3/t16-,17-,18+/m0/s1. The molecule has 7 heteroatoms. The van der Waals surface area contributed by atoms with Crippen LogP contribution in [0.1, 0.15) is 27.8 Å². The van der Waals surface area contributed by atoms with Crippen LogP contribution in [-0.4, -0.2) is 45.1 Å². The lowest BCUT2D eigenvalue weighted by atomic mass is 10.1. The molecule has 5 nitrogen and oxygen atoms in total. The van der Waals surface area contributed by atoms with E-state index < -0.39 is 10.0 Å². The number of hydrogen-bond acceptors (Lipinski definition) is 5. The van der Waals surface area contributed by atoms with Gasteiger partial charge >= 0.3 is 0 Å². The average Bonchev–Trinajstić information content (AvgIpc) is 3.16. The first-order valence-corrected chi connectivity index (χ1v) is 11.2. The molecule has 2 fully saturated rings. The van der Waals surface area contributed by atoms with E-state index in [1.54, 1.807) is 6.07 Å². The maximum Gasteiger partial charge on any atom is 0.241 e. The quantitative estimate of drug-likeness (QED) is 0.869. The summed E-state index contributed by atoms with van der Waals surface area (Å²) in [6.07, 6.45) is 0.854. The summed E-state index contributed by atoms with van der Waals surface area (Å²) in [5.41, 5.74) is 1.18. The predicted octanol–water partition coefficient (Wildman–Crippen LogP) is 2.86. The van der Waals surface area contributed by atoms with Gasteiger partial charge in [-0.25, -0.2) is 13.1 Å². The number of rotatable bonds is 4. The summed E-state index contributed by atoms with van der Waals surface area (Å²) in [5.74, 6) is 0. The second-order valence-corrected chi connectivity index (χ2v) is 10.3. The fraction of sp³-hybridized carbons (Fsp3) is 0.474. The zero-order chi connectivity index (χ0) is 18.3. The molecule has 0 spiro atoms. The normalized spacial score (nSPS) is 26.8. The maximum absolute atomic E-state index is 12.8. The molecule has 2 aromatic rings. The monoisotopic (exact) mass is 392 g/mol. The van der Waals surface area contributed by atoms with E-state index in [0.29, 0.717) is 11.5 Å². The van der Waals surface area contributed by atoms with Crippen molar-refractivity contribution in [3.63, 3.8) is 0 Å². The van der Waals surface area contributed by atoms with Crippen molar-refractivity contribution in [3.8, 4) is 0 Å². The third-order valence-corrected chi connectivity index (χ3v) is 7.94. The summed E-state index contributed by atoms with van der Waals surface area (Å²) in [6.45, 7) is 5.99. The molecule has 3 heterocycles. The zero-order valence-corrected chi connectivity index (χ0v) is 16.6. The highest BCUT2D eigenvalue weighted by Crippen LogP contribution is 2.31. The Morgan fingerprint density at radius 2 is 1.96 bits per heavy atom. The van der Waals surface area contributed by atoms with Gasteiger partial charge in [0.05, 0.1) is 17.6 Å². The van der Waals surface area contributed by atoms with Crippen molar-refractivity contribution in [2.45, 2.75) is 43.4 Å². The third-order valence-electron chi connectivity index (χ3n) is 5.20. The van der Waals surface area contributed by atoms with Crippen LogP contribution in [0.25, 0.3) is 0 Å². The molecule has 140 valence electrons. The summed E-state index contributed by atoms with van der Waals surface area (Å²) < 4.78 is 34.5. The summed E-state index contributed by atoms with van der Waals surface area (Å²) in [6, 6.07) is 12.2. The number of nitrogens with one attached hydrogen (secondary N) is 1. The van der Waals surface area contributed by atoms with Crippen LogP contribution in [0.5, 0.6) is 0 Å². The Morgan fingerprint density at radius 1 is 1.19 bits per heavy atom. The lowest BCUT2D eigenvalue weighted by Crippen LogP contribution is -2.43. The number of thiophene rings is 1. The molecule has 2 saturated heterocycles. The van der Waals surface area contributed by atoms with Gasteiger partial charge in [-0.2, -0.15) is 0 Å². The van der Waals surface area contributed by atoms with Gasteiger partial charge in [-0.15, -0.1) is 11.3 Å². The molecule has 0 aliphatic carbocycles. The molecular formula is C19H24N2O3S2. The fourth-order valence-corrected chi connectivity index (χ4v) is 6.78. The van der Waals surface area contributed by atoms with Crippen molar-refractivity contribution < 1.29 is 13.2 Å². The summed E-state index contributed by atoms with van der Waals surface area (Å²) in [7, 11) is -3.47. The second-order valence-electron chi connectivity index (χ2n) is 7.17. The second kappa shape index (κ2) is 7.05. The molecule has 1 N–H and O–H groups in total. The van der Waals surface area contributed by atoms with Gasteiger partial charge in [0.2, 0.25) is 10.0 Å². The molecule has 3 atom stereocenters. The molecule has 0 radical (unpaired) electrons. The van der Waals surface area contributed by atoms with Crippen molar-refractivity contribution in [2.24, 2.45) is 0 Å². The van der Waals surface area contributed by atoms with Crippen LogP contribution in [0.4, 0.5) is 0 Å². The maximum atomic E-state index is 12.8. The fourth-order valence-electron chi connectivity index (χ4n) is 3.99. The lowest BCUT2D eigenvalue weighted by Gasteiger charge is -2.35. The van der Waals surface area contributed by atoms with Gasteiger partial charge in [-0.1, -0.05) is 30.3 Å². The van der Waals surface area contributed by atoms with Gasteiger partial charge in [-0.05, 0) is 31.9 Å². The van der Waals surface area contributed by atoms with Crippen LogP contribution in [-0.2, 0) is 14.8 Å². The van der Waals surface area contributed by atoms with E-state index in [1.807, 2.05) is 32.0 Å². The third kappa shape index (κ3) is 3.59. The molecular weight excluding hydrogens is 368 g/mol. The molecule has 0 amide bonds. The summed E-state index contributed by atoms with van der Waals surface area (Å²) >= 11 is 1.52. The predicted molar refractivity (Wildman–Crippen MR) is 103 cm³/mol. The highest BCUT2D eigenvalue weighted by atomic mass is 32.2. The SMILES string of the molecule is Cc1cc(S(=O)(=O)N[C@H]2C[C@H]3CO[C@@H](c4ccccc4)CN3C2)c(C)s1. The largest absolute Gasteiger partial charge is 0.371 e. The number of morpholine rings is 1. The molecule has 4 rings (SSSR count). The van der Waals surface area contributed by atoms with E-state index in [-0.39, 0.29) is 18.2 Å². The Kier molecular flexibility index (Phi) is 4.92. The Labute approximate surface area is 159 Å². The minimum Gasteiger partial charge on any atom is -0.371 e. The van der Waals surface area contributed by atoms with Crippen LogP contribution >= 0.6 is 11.3 Å². The van der Waals surface area contributed by atoms with Gasteiger partial charge in [0.25, 0.3) is 0 Å². The van der Waals surface area contributed by atoms with Gasteiger partial charge < -0.3 is 4.74 Å². The molecule has 2 aliphatic heterocycles. The minimum atomic E-state index is -3.47. The van der Waals surface area contributed by atoms with Crippen LogP contribution in [0.15, 0.2) is 41.3 Å². The first kappa shape index (κ1) is 18.1. The van der Waals surface area contributed by atoms with Gasteiger partial charge in [0.1, 0.15) is 0 Å². The molecule has 2 aliphatic rings. The van der Waals surface area contributed by atoms with Crippen LogP contribution in [0.2, 0.25) is 0 Å². The lowest BCUT2D eigenvalue weighted by molar-refractivity contribution is -0.0502. The molecule has 0 unspecified atom stereocenters. The highest BCUT2D eigenvalue weighted by molar-refractivity contribution is 7.89. The van der Waals surface area contributed by atoms with Crippen molar-refractivity contribution in [1.82, 2.24) is 9.62 Å². The number of sulfonamides is 1. The van der Waals surface area contributed by atoms with Crippen LogP contribution in [0.3, 0.4) is 0 Å². The average molecular weight is 393 g/mol. The van der Waals surface area contributed by atoms with Gasteiger partial charge in [0.15, 0.2) is 0 Å². The van der Waals surface area contributed by atoms with Crippen LogP contribution < -0.4 is 4.72 Å². The molecule has 0 bridgehead atoms. The topological polar surface area (TPSA) is 58.6 Å². The van der Waals surface area contributed by atoms with E-state index in [4.69, 9.17) is 4.74 Å². The van der Waals surface area contributed by atoms with E-state index in [1.165, 1.54) is 16.9 Å². The van der Waals surface area contributed by atoms with Crippen molar-refractivity contribution in [1.29, 1.82) is 0 Å². The van der Waals surface area contributed by atoms with E-state index in [9.17, 15) is 8.42 Å². The van der Waals surface area contributed by atoms with Crippen molar-refractivity contribution in [2.75, 3.05) is 19.7 Å². The van der Waals surface area contributed by atoms with E-state index in [2.05, 4.69) is 21.8 Å².